The SMILES string of the molecule is CC(C)Cc1ccc(CN(C)C2COCC2C(=O)O)cc1. The fourth-order valence-corrected chi connectivity index (χ4v) is 2.87. The largest absolute Gasteiger partial charge is 0.481 e. The summed E-state index contributed by atoms with van der Waals surface area (Å²) in [7, 11) is 1.97. The normalized spacial score (nSPS) is 22.1. The van der Waals surface area contributed by atoms with Crippen LogP contribution in [0.1, 0.15) is 25.0 Å². The maximum Gasteiger partial charge on any atom is 0.310 e. The topological polar surface area (TPSA) is 49.8 Å². The van der Waals surface area contributed by atoms with Crippen LogP contribution in [0.5, 0.6) is 0 Å². The molecule has 1 N–H and O–H groups in total. The maximum atomic E-state index is 11.2. The van der Waals surface area contributed by atoms with E-state index in [-0.39, 0.29) is 6.04 Å². The molecule has 2 rings (SSSR count). The van der Waals surface area contributed by atoms with E-state index in [2.05, 4.69) is 43.0 Å². The minimum Gasteiger partial charge on any atom is -0.481 e. The number of aliphatic carboxylic acids is 1. The second-order valence-corrected chi connectivity index (χ2v) is 6.38. The summed E-state index contributed by atoms with van der Waals surface area (Å²) in [4.78, 5) is 13.3. The van der Waals surface area contributed by atoms with Gasteiger partial charge < -0.3 is 9.84 Å². The number of likely N-dealkylation sites (N-methyl/N-ethyl adjacent to an activating group) is 1. The number of nitrogens with zero attached hydrogens (tertiary/aromatic N) is 1. The second-order valence-electron chi connectivity index (χ2n) is 6.38. The van der Waals surface area contributed by atoms with Crippen molar-refractivity contribution in [3.63, 3.8) is 0 Å². The molecule has 0 saturated carbocycles. The van der Waals surface area contributed by atoms with Gasteiger partial charge in [-0.1, -0.05) is 38.1 Å². The summed E-state index contributed by atoms with van der Waals surface area (Å²) >= 11 is 0. The lowest BCUT2D eigenvalue weighted by Gasteiger charge is -2.26. The van der Waals surface area contributed by atoms with Gasteiger partial charge in [0.1, 0.15) is 0 Å². The van der Waals surface area contributed by atoms with Crippen LogP contribution in [0.4, 0.5) is 0 Å². The molecule has 1 aliphatic rings. The first-order valence-electron chi connectivity index (χ1n) is 7.56. The third kappa shape index (κ3) is 4.29. The van der Waals surface area contributed by atoms with E-state index >= 15 is 0 Å². The van der Waals surface area contributed by atoms with Gasteiger partial charge in [-0.2, -0.15) is 0 Å². The lowest BCUT2D eigenvalue weighted by molar-refractivity contribution is -0.143. The van der Waals surface area contributed by atoms with Crippen molar-refractivity contribution in [2.24, 2.45) is 11.8 Å². The smallest absolute Gasteiger partial charge is 0.310 e. The molecule has 0 aromatic heterocycles. The van der Waals surface area contributed by atoms with Crippen molar-refractivity contribution in [1.29, 1.82) is 0 Å². The number of carbonyl (C=O) groups is 1. The van der Waals surface area contributed by atoms with Crippen molar-refractivity contribution in [2.75, 3.05) is 20.3 Å². The molecule has 4 nitrogen and oxygen atoms in total. The van der Waals surface area contributed by atoms with E-state index in [0.717, 1.165) is 13.0 Å². The molecule has 21 heavy (non-hydrogen) atoms. The zero-order valence-corrected chi connectivity index (χ0v) is 13.1. The van der Waals surface area contributed by atoms with Gasteiger partial charge >= 0.3 is 5.97 Å². The van der Waals surface area contributed by atoms with Gasteiger partial charge in [0.2, 0.25) is 0 Å². The highest BCUT2D eigenvalue weighted by Gasteiger charge is 2.36. The Morgan fingerprint density at radius 2 is 1.90 bits per heavy atom. The van der Waals surface area contributed by atoms with E-state index in [1.54, 1.807) is 0 Å². The summed E-state index contributed by atoms with van der Waals surface area (Å²) in [5.41, 5.74) is 2.56. The molecule has 1 heterocycles. The predicted molar refractivity (Wildman–Crippen MR) is 82.2 cm³/mol. The lowest BCUT2D eigenvalue weighted by Crippen LogP contribution is -2.40. The molecule has 1 aromatic rings. The summed E-state index contributed by atoms with van der Waals surface area (Å²) in [6.45, 7) is 6.00. The Labute approximate surface area is 126 Å². The molecule has 0 aliphatic carbocycles. The maximum absolute atomic E-state index is 11.2. The van der Waals surface area contributed by atoms with Crippen LogP contribution < -0.4 is 0 Å². The average Bonchev–Trinajstić information content (AvgIpc) is 2.90. The van der Waals surface area contributed by atoms with Crippen molar-refractivity contribution in [2.45, 2.75) is 32.9 Å². The Bertz CT molecular complexity index is 469. The van der Waals surface area contributed by atoms with E-state index in [1.165, 1.54) is 11.1 Å². The van der Waals surface area contributed by atoms with Gasteiger partial charge in [0, 0.05) is 12.6 Å². The Morgan fingerprint density at radius 3 is 2.48 bits per heavy atom. The average molecular weight is 291 g/mol. The first-order valence-corrected chi connectivity index (χ1v) is 7.56. The Morgan fingerprint density at radius 1 is 1.29 bits per heavy atom. The number of benzene rings is 1. The Hall–Kier alpha value is -1.39. The minimum absolute atomic E-state index is 0.0437. The van der Waals surface area contributed by atoms with Gasteiger partial charge in [-0.15, -0.1) is 0 Å². The summed E-state index contributed by atoms with van der Waals surface area (Å²) in [5, 5.41) is 9.21. The summed E-state index contributed by atoms with van der Waals surface area (Å²) < 4.78 is 5.33. The van der Waals surface area contributed by atoms with Gasteiger partial charge in [-0.3, -0.25) is 9.69 Å². The third-order valence-electron chi connectivity index (χ3n) is 4.03. The number of rotatable bonds is 6. The van der Waals surface area contributed by atoms with Crippen LogP contribution >= 0.6 is 0 Å². The molecule has 0 amide bonds. The van der Waals surface area contributed by atoms with Crippen LogP contribution in [0.15, 0.2) is 24.3 Å². The highest BCUT2D eigenvalue weighted by atomic mass is 16.5. The highest BCUT2D eigenvalue weighted by molar-refractivity contribution is 5.71. The van der Waals surface area contributed by atoms with Gasteiger partial charge in [0.25, 0.3) is 0 Å². The van der Waals surface area contributed by atoms with Crippen LogP contribution in [0.2, 0.25) is 0 Å². The minimum atomic E-state index is -0.767. The van der Waals surface area contributed by atoms with E-state index in [4.69, 9.17) is 4.74 Å². The van der Waals surface area contributed by atoms with Crippen LogP contribution in [-0.4, -0.2) is 42.3 Å². The van der Waals surface area contributed by atoms with E-state index < -0.39 is 11.9 Å². The Balaban J connectivity index is 1.96. The molecule has 1 aromatic carbocycles. The van der Waals surface area contributed by atoms with Gasteiger partial charge in [0.15, 0.2) is 0 Å². The van der Waals surface area contributed by atoms with Crippen LogP contribution in [-0.2, 0) is 22.5 Å². The number of carboxylic acids is 1. The molecule has 0 bridgehead atoms. The Kier molecular flexibility index (Phi) is 5.37. The highest BCUT2D eigenvalue weighted by Crippen LogP contribution is 2.21. The lowest BCUT2D eigenvalue weighted by atomic mass is 10.0. The van der Waals surface area contributed by atoms with Crippen molar-refractivity contribution in [1.82, 2.24) is 4.90 Å². The first-order chi connectivity index (χ1) is 9.97. The van der Waals surface area contributed by atoms with Crippen LogP contribution in [0.3, 0.4) is 0 Å². The zero-order chi connectivity index (χ0) is 15.4. The third-order valence-corrected chi connectivity index (χ3v) is 4.03. The van der Waals surface area contributed by atoms with E-state index in [1.807, 2.05) is 7.05 Å². The van der Waals surface area contributed by atoms with Crippen LogP contribution in [0, 0.1) is 11.8 Å². The molecular formula is C17H25NO3. The van der Waals surface area contributed by atoms with Crippen LogP contribution in [0.25, 0.3) is 0 Å². The molecule has 0 radical (unpaired) electrons. The number of hydrogen-bond donors (Lipinski definition) is 1. The van der Waals surface area contributed by atoms with E-state index in [9.17, 15) is 9.90 Å². The van der Waals surface area contributed by atoms with Gasteiger partial charge in [-0.05, 0) is 30.5 Å². The molecule has 4 heteroatoms. The molecule has 1 fully saturated rings. The molecule has 1 saturated heterocycles. The number of hydrogen-bond acceptors (Lipinski definition) is 3. The van der Waals surface area contributed by atoms with Crippen molar-refractivity contribution >= 4 is 5.97 Å². The zero-order valence-electron chi connectivity index (χ0n) is 13.1. The standard InChI is InChI=1S/C17H25NO3/c1-12(2)8-13-4-6-14(7-5-13)9-18(3)16-11-21-10-15(16)17(19)20/h4-7,12,15-16H,8-11H2,1-3H3,(H,19,20). The molecule has 2 unspecified atom stereocenters. The van der Waals surface area contributed by atoms with Crippen molar-refractivity contribution in [3.05, 3.63) is 35.4 Å². The fourth-order valence-electron chi connectivity index (χ4n) is 2.87. The molecule has 2 atom stereocenters. The second kappa shape index (κ2) is 7.05. The summed E-state index contributed by atoms with van der Waals surface area (Å²) in [5.74, 6) is -0.530. The molecule has 116 valence electrons. The monoisotopic (exact) mass is 291 g/mol. The number of ether oxygens (including phenoxy) is 1. The molecular weight excluding hydrogens is 266 g/mol. The first kappa shape index (κ1) is 16.0. The summed E-state index contributed by atoms with van der Waals surface area (Å²) in [6.07, 6.45) is 1.09. The molecule has 1 aliphatic heterocycles. The van der Waals surface area contributed by atoms with Crippen molar-refractivity contribution in [3.8, 4) is 0 Å². The number of carboxylic acid groups (broad SMARTS) is 1. The van der Waals surface area contributed by atoms with E-state index in [0.29, 0.717) is 19.1 Å². The van der Waals surface area contributed by atoms with Crippen molar-refractivity contribution < 1.29 is 14.6 Å². The summed E-state index contributed by atoms with van der Waals surface area (Å²) in [6, 6.07) is 8.57. The quantitative estimate of drug-likeness (QED) is 0.874. The predicted octanol–water partition coefficient (Wildman–Crippen LogP) is 2.42. The fraction of sp³-hybridized carbons (Fsp3) is 0.588. The molecule has 0 spiro atoms. The van der Waals surface area contributed by atoms with Gasteiger partial charge in [0.05, 0.1) is 19.1 Å². The van der Waals surface area contributed by atoms with Gasteiger partial charge in [-0.25, -0.2) is 0 Å².